The van der Waals surface area contributed by atoms with E-state index >= 15 is 0 Å². The number of carbonyl (C=O) groups is 2. The van der Waals surface area contributed by atoms with Crippen LogP contribution < -0.4 is 10.6 Å². The predicted molar refractivity (Wildman–Crippen MR) is 50.6 cm³/mol. The van der Waals surface area contributed by atoms with E-state index in [2.05, 4.69) is 10.6 Å². The van der Waals surface area contributed by atoms with Crippen molar-refractivity contribution >= 4 is 12.0 Å². The van der Waals surface area contributed by atoms with Crippen molar-refractivity contribution in [3.8, 4) is 0 Å². The van der Waals surface area contributed by atoms with E-state index in [0.717, 1.165) is 0 Å². The maximum Gasteiger partial charge on any atom is 0.335 e. The Kier molecular flexibility index (Phi) is 2.78. The van der Waals surface area contributed by atoms with Crippen LogP contribution >= 0.6 is 0 Å². The molecule has 0 aromatic heterocycles. The molecule has 0 spiro atoms. The Morgan fingerprint density at radius 1 is 1.50 bits per heavy atom. The first-order chi connectivity index (χ1) is 6.43. The van der Waals surface area contributed by atoms with Gasteiger partial charge in [0.05, 0.1) is 11.6 Å². The molecule has 1 atom stereocenters. The van der Waals surface area contributed by atoms with Crippen molar-refractivity contribution in [1.82, 2.24) is 10.6 Å². The first-order valence-corrected chi connectivity index (χ1v) is 4.48. The number of allylic oxidation sites excluding steroid dienone is 1. The second kappa shape index (κ2) is 3.69. The molecule has 0 aliphatic carbocycles. The van der Waals surface area contributed by atoms with Gasteiger partial charge in [0, 0.05) is 5.70 Å². The summed E-state index contributed by atoms with van der Waals surface area (Å²) in [6, 6.07) is -0.787. The van der Waals surface area contributed by atoms with Gasteiger partial charge in [-0.05, 0) is 12.8 Å². The zero-order valence-corrected chi connectivity index (χ0v) is 8.42. The van der Waals surface area contributed by atoms with Crippen molar-refractivity contribution < 1.29 is 14.7 Å². The predicted octanol–water partition coefficient (Wildman–Crippen LogP) is 0.682. The van der Waals surface area contributed by atoms with Crippen molar-refractivity contribution in [3.05, 3.63) is 11.3 Å². The highest BCUT2D eigenvalue weighted by molar-refractivity contribution is 5.93. The summed E-state index contributed by atoms with van der Waals surface area (Å²) in [7, 11) is 0. The van der Waals surface area contributed by atoms with Crippen LogP contribution in [0.25, 0.3) is 0 Å². The number of amides is 2. The van der Waals surface area contributed by atoms with Gasteiger partial charge in [-0.25, -0.2) is 9.59 Å². The number of hydrogen-bond donors (Lipinski definition) is 3. The number of hydrogen-bond acceptors (Lipinski definition) is 2. The van der Waals surface area contributed by atoms with Gasteiger partial charge in [-0.2, -0.15) is 0 Å². The first kappa shape index (κ1) is 10.6. The smallest absolute Gasteiger partial charge is 0.335 e. The van der Waals surface area contributed by atoms with E-state index in [0.29, 0.717) is 5.70 Å². The van der Waals surface area contributed by atoms with E-state index in [1.807, 2.05) is 13.8 Å². The number of carbonyl (C=O) groups excluding carboxylic acids is 1. The molecule has 14 heavy (non-hydrogen) atoms. The topological polar surface area (TPSA) is 78.4 Å². The second-order valence-corrected chi connectivity index (χ2v) is 3.61. The summed E-state index contributed by atoms with van der Waals surface area (Å²) in [6.45, 7) is 5.34. The summed E-state index contributed by atoms with van der Waals surface area (Å²) in [6.07, 6.45) is 0. The first-order valence-electron chi connectivity index (χ1n) is 4.48. The summed E-state index contributed by atoms with van der Waals surface area (Å²) in [5, 5.41) is 14.0. The number of nitrogens with one attached hydrogen (secondary N) is 2. The molecule has 0 aromatic rings. The van der Waals surface area contributed by atoms with Gasteiger partial charge < -0.3 is 15.7 Å². The molecule has 0 saturated carbocycles. The minimum absolute atomic E-state index is 0.00500. The second-order valence-electron chi connectivity index (χ2n) is 3.61. The Bertz CT molecular complexity index is 307. The molecule has 0 aromatic carbocycles. The van der Waals surface area contributed by atoms with Gasteiger partial charge in [0.2, 0.25) is 0 Å². The van der Waals surface area contributed by atoms with Crippen molar-refractivity contribution in [2.75, 3.05) is 0 Å². The molecule has 78 valence electrons. The van der Waals surface area contributed by atoms with Gasteiger partial charge in [-0.15, -0.1) is 0 Å². The normalized spacial score (nSPS) is 22.0. The fourth-order valence-electron chi connectivity index (χ4n) is 1.48. The van der Waals surface area contributed by atoms with Crippen LogP contribution in [0.15, 0.2) is 11.3 Å². The average molecular weight is 198 g/mol. The van der Waals surface area contributed by atoms with Crippen LogP contribution in [-0.4, -0.2) is 23.1 Å². The molecule has 0 saturated heterocycles. The monoisotopic (exact) mass is 198 g/mol. The van der Waals surface area contributed by atoms with Crippen LogP contribution in [0.1, 0.15) is 20.8 Å². The van der Waals surface area contributed by atoms with Gasteiger partial charge in [0.1, 0.15) is 0 Å². The zero-order valence-electron chi connectivity index (χ0n) is 8.42. The fraction of sp³-hybridized carbons (Fsp3) is 0.556. The van der Waals surface area contributed by atoms with E-state index in [9.17, 15) is 9.59 Å². The van der Waals surface area contributed by atoms with Crippen molar-refractivity contribution in [2.45, 2.75) is 26.8 Å². The zero-order chi connectivity index (χ0) is 10.9. The highest BCUT2D eigenvalue weighted by Crippen LogP contribution is 2.18. The Labute approximate surface area is 82.2 Å². The lowest BCUT2D eigenvalue weighted by molar-refractivity contribution is -0.133. The molecule has 1 rings (SSSR count). The summed E-state index contributed by atoms with van der Waals surface area (Å²) in [5.41, 5.74) is 0.730. The Morgan fingerprint density at radius 2 is 2.07 bits per heavy atom. The molecule has 0 radical (unpaired) electrons. The molecule has 1 unspecified atom stereocenters. The number of carboxylic acids is 1. The Hall–Kier alpha value is -1.52. The molecule has 2 amide bonds. The molecule has 1 aliphatic rings. The molecule has 5 nitrogen and oxygen atoms in total. The lowest BCUT2D eigenvalue weighted by Gasteiger charge is -2.27. The summed E-state index contributed by atoms with van der Waals surface area (Å²) in [5.74, 6) is -0.997. The molecule has 1 aliphatic heterocycles. The van der Waals surface area contributed by atoms with E-state index < -0.39 is 12.0 Å². The van der Waals surface area contributed by atoms with Crippen molar-refractivity contribution in [3.63, 3.8) is 0 Å². The highest BCUT2D eigenvalue weighted by Gasteiger charge is 2.29. The Balaban J connectivity index is 3.15. The van der Waals surface area contributed by atoms with Crippen LogP contribution in [0.5, 0.6) is 0 Å². The lowest BCUT2D eigenvalue weighted by atomic mass is 9.97. The molecule has 0 fully saturated rings. The third-order valence-electron chi connectivity index (χ3n) is 2.13. The minimum Gasteiger partial charge on any atom is -0.478 e. The van der Waals surface area contributed by atoms with Gasteiger partial charge in [-0.3, -0.25) is 0 Å². The number of rotatable bonds is 2. The van der Waals surface area contributed by atoms with E-state index in [-0.39, 0.29) is 17.5 Å². The minimum atomic E-state index is -0.992. The molecule has 3 N–H and O–H groups in total. The Morgan fingerprint density at radius 3 is 2.50 bits per heavy atom. The summed E-state index contributed by atoms with van der Waals surface area (Å²) < 4.78 is 0. The van der Waals surface area contributed by atoms with Gasteiger partial charge in [0.25, 0.3) is 0 Å². The average Bonchev–Trinajstić information content (AvgIpc) is 2.01. The summed E-state index contributed by atoms with van der Waals surface area (Å²) in [4.78, 5) is 22.0. The molecule has 5 heteroatoms. The lowest BCUT2D eigenvalue weighted by Crippen LogP contribution is -2.49. The quantitative estimate of drug-likeness (QED) is 0.610. The third-order valence-corrected chi connectivity index (χ3v) is 2.13. The maximum atomic E-state index is 11.1. The molecular formula is C9H14N2O3. The SMILES string of the molecule is CC(C)C1=C(C(=O)O)C(C)NC(=O)N1. The largest absolute Gasteiger partial charge is 0.478 e. The van der Waals surface area contributed by atoms with Crippen molar-refractivity contribution in [2.24, 2.45) is 5.92 Å². The van der Waals surface area contributed by atoms with Crippen LogP contribution in [0.3, 0.4) is 0 Å². The number of aliphatic carboxylic acids is 1. The van der Waals surface area contributed by atoms with E-state index in [1.54, 1.807) is 6.92 Å². The molecule has 0 bridgehead atoms. The highest BCUT2D eigenvalue weighted by atomic mass is 16.4. The van der Waals surface area contributed by atoms with Crippen LogP contribution in [0, 0.1) is 5.92 Å². The van der Waals surface area contributed by atoms with E-state index in [4.69, 9.17) is 5.11 Å². The number of urea groups is 1. The summed E-state index contributed by atoms with van der Waals surface area (Å²) >= 11 is 0. The van der Waals surface area contributed by atoms with Crippen LogP contribution in [0.4, 0.5) is 4.79 Å². The molecule has 1 heterocycles. The molecular weight excluding hydrogens is 184 g/mol. The van der Waals surface area contributed by atoms with E-state index in [1.165, 1.54) is 0 Å². The third kappa shape index (κ3) is 1.86. The number of carboxylic acid groups (broad SMARTS) is 1. The van der Waals surface area contributed by atoms with Gasteiger partial charge >= 0.3 is 12.0 Å². The standard InChI is InChI=1S/C9H14N2O3/c1-4(2)7-6(8(12)13)5(3)10-9(14)11-7/h4-5H,1-3H3,(H,12,13)(H2,10,11,14). The van der Waals surface area contributed by atoms with Crippen LogP contribution in [0.2, 0.25) is 0 Å². The fourth-order valence-corrected chi connectivity index (χ4v) is 1.48. The van der Waals surface area contributed by atoms with Gasteiger partial charge in [0.15, 0.2) is 0 Å². The van der Waals surface area contributed by atoms with Gasteiger partial charge in [-0.1, -0.05) is 13.8 Å². The maximum absolute atomic E-state index is 11.1. The van der Waals surface area contributed by atoms with Crippen molar-refractivity contribution in [1.29, 1.82) is 0 Å². The van der Waals surface area contributed by atoms with Crippen LogP contribution in [-0.2, 0) is 4.79 Å².